The molecule has 1 aromatic heterocycles. The van der Waals surface area contributed by atoms with Crippen LogP contribution in [-0.4, -0.2) is 39.9 Å². The largest absolute Gasteiger partial charge is 0.353 e. The quantitative estimate of drug-likeness (QED) is 0.820. The van der Waals surface area contributed by atoms with Gasteiger partial charge < -0.3 is 14.8 Å². The van der Waals surface area contributed by atoms with Crippen LogP contribution in [-0.2, 0) is 16.1 Å². The number of carbonyl (C=O) groups excluding carboxylic acids is 2. The fourth-order valence-corrected chi connectivity index (χ4v) is 2.67. The van der Waals surface area contributed by atoms with Crippen LogP contribution < -0.4 is 5.32 Å². The smallest absolute Gasteiger partial charge is 0.246 e. The van der Waals surface area contributed by atoms with E-state index in [1.54, 1.807) is 4.90 Å². The van der Waals surface area contributed by atoms with Crippen LogP contribution in [0.2, 0.25) is 0 Å². The lowest BCUT2D eigenvalue weighted by Crippen LogP contribution is -2.55. The first-order valence-electron chi connectivity index (χ1n) is 6.91. The Morgan fingerprint density at radius 3 is 2.75 bits per heavy atom. The van der Waals surface area contributed by atoms with E-state index in [4.69, 9.17) is 0 Å². The molecule has 1 aliphatic rings. The lowest BCUT2D eigenvalue weighted by molar-refractivity contribution is -0.141. The third-order valence-corrected chi connectivity index (χ3v) is 3.89. The Morgan fingerprint density at radius 1 is 1.40 bits per heavy atom. The zero-order valence-electron chi connectivity index (χ0n) is 11.8. The van der Waals surface area contributed by atoms with Gasteiger partial charge in [-0.1, -0.05) is 6.58 Å². The molecule has 108 valence electrons. The summed E-state index contributed by atoms with van der Waals surface area (Å²) < 4.78 is 2.00. The van der Waals surface area contributed by atoms with Gasteiger partial charge in [-0.3, -0.25) is 9.59 Å². The molecule has 0 aromatic carbocycles. The molecule has 2 amide bonds. The van der Waals surface area contributed by atoms with Crippen molar-refractivity contribution in [3.8, 4) is 0 Å². The molecule has 1 atom stereocenters. The molecule has 5 nitrogen and oxygen atoms in total. The second-order valence-corrected chi connectivity index (χ2v) is 5.25. The summed E-state index contributed by atoms with van der Waals surface area (Å²) in [6, 6.07) is 3.90. The zero-order valence-corrected chi connectivity index (χ0v) is 11.8. The van der Waals surface area contributed by atoms with Gasteiger partial charge in [-0.2, -0.15) is 0 Å². The molecule has 0 spiro atoms. The molecule has 1 fully saturated rings. The maximum atomic E-state index is 12.4. The Bertz CT molecular complexity index is 495. The summed E-state index contributed by atoms with van der Waals surface area (Å²) in [5.74, 6) is -0.261. The van der Waals surface area contributed by atoms with Crippen LogP contribution in [0.5, 0.6) is 0 Å². The van der Waals surface area contributed by atoms with Crippen LogP contribution in [0.25, 0.3) is 0 Å². The highest BCUT2D eigenvalue weighted by molar-refractivity contribution is 5.95. The Kier molecular flexibility index (Phi) is 4.27. The van der Waals surface area contributed by atoms with Gasteiger partial charge in [-0.05, 0) is 38.0 Å². The van der Waals surface area contributed by atoms with Crippen LogP contribution in [0.15, 0.2) is 37.2 Å². The molecule has 0 radical (unpaired) electrons. The van der Waals surface area contributed by atoms with Gasteiger partial charge in [-0.25, -0.2) is 0 Å². The fraction of sp³-hybridized carbons (Fsp3) is 0.467. The molecular formula is C15H21N3O2. The van der Waals surface area contributed by atoms with E-state index in [0.717, 1.165) is 13.0 Å². The molecule has 2 heterocycles. The second kappa shape index (κ2) is 5.94. The number of amides is 2. The van der Waals surface area contributed by atoms with Crippen LogP contribution in [0.3, 0.4) is 0 Å². The summed E-state index contributed by atoms with van der Waals surface area (Å²) in [4.78, 5) is 25.8. The molecule has 1 aliphatic heterocycles. The van der Waals surface area contributed by atoms with Gasteiger partial charge in [0.15, 0.2) is 0 Å². The van der Waals surface area contributed by atoms with Crippen molar-refractivity contribution in [2.75, 3.05) is 13.1 Å². The predicted octanol–water partition coefficient (Wildman–Crippen LogP) is 1.17. The summed E-state index contributed by atoms with van der Waals surface area (Å²) in [6.07, 6.45) is 6.73. The summed E-state index contributed by atoms with van der Waals surface area (Å²) in [5.41, 5.74) is -0.748. The van der Waals surface area contributed by atoms with Crippen molar-refractivity contribution >= 4 is 11.8 Å². The van der Waals surface area contributed by atoms with E-state index in [2.05, 4.69) is 11.9 Å². The number of nitrogens with zero attached hydrogens (tertiary/aromatic N) is 2. The van der Waals surface area contributed by atoms with Crippen molar-refractivity contribution in [3.05, 3.63) is 37.2 Å². The van der Waals surface area contributed by atoms with E-state index in [0.29, 0.717) is 19.5 Å². The zero-order chi connectivity index (χ0) is 14.6. The molecular weight excluding hydrogens is 254 g/mol. The van der Waals surface area contributed by atoms with Crippen molar-refractivity contribution in [3.63, 3.8) is 0 Å². The van der Waals surface area contributed by atoms with Crippen molar-refractivity contribution < 1.29 is 9.59 Å². The van der Waals surface area contributed by atoms with E-state index < -0.39 is 5.54 Å². The third kappa shape index (κ3) is 2.76. The first-order chi connectivity index (χ1) is 9.58. The van der Waals surface area contributed by atoms with Gasteiger partial charge in [0.1, 0.15) is 5.54 Å². The number of carbonyl (C=O) groups is 2. The average molecular weight is 275 g/mol. The summed E-state index contributed by atoms with van der Waals surface area (Å²) in [7, 11) is 0. The Labute approximate surface area is 119 Å². The van der Waals surface area contributed by atoms with Gasteiger partial charge in [0, 0.05) is 32.0 Å². The van der Waals surface area contributed by atoms with Gasteiger partial charge in [0.05, 0.1) is 0 Å². The monoisotopic (exact) mass is 275 g/mol. The topological polar surface area (TPSA) is 54.3 Å². The second-order valence-electron chi connectivity index (χ2n) is 5.25. The summed E-state index contributed by atoms with van der Waals surface area (Å²) in [6.45, 7) is 7.22. The maximum Gasteiger partial charge on any atom is 0.246 e. The normalized spacial score (nSPS) is 21.8. The molecule has 1 unspecified atom stereocenters. The van der Waals surface area contributed by atoms with Gasteiger partial charge in [-0.15, -0.1) is 0 Å². The molecule has 0 saturated carbocycles. The minimum absolute atomic E-state index is 0.0858. The van der Waals surface area contributed by atoms with E-state index in [1.165, 1.54) is 6.08 Å². The van der Waals surface area contributed by atoms with E-state index in [1.807, 2.05) is 36.0 Å². The Balaban J connectivity index is 1.93. The number of aromatic nitrogens is 1. The van der Waals surface area contributed by atoms with E-state index >= 15 is 0 Å². The van der Waals surface area contributed by atoms with Crippen LogP contribution in [0, 0.1) is 0 Å². The molecule has 1 N–H and O–H groups in total. The molecule has 0 aliphatic carbocycles. The van der Waals surface area contributed by atoms with Crippen LogP contribution >= 0.6 is 0 Å². The van der Waals surface area contributed by atoms with Crippen molar-refractivity contribution in [1.82, 2.24) is 14.8 Å². The van der Waals surface area contributed by atoms with Gasteiger partial charge >= 0.3 is 0 Å². The molecule has 20 heavy (non-hydrogen) atoms. The Hall–Kier alpha value is -2.04. The first kappa shape index (κ1) is 14.4. The number of nitrogens with one attached hydrogen (secondary N) is 1. The lowest BCUT2D eigenvalue weighted by Gasteiger charge is -2.33. The highest BCUT2D eigenvalue weighted by Gasteiger charge is 2.44. The molecule has 0 bridgehead atoms. The third-order valence-electron chi connectivity index (χ3n) is 3.89. The molecule has 1 saturated heterocycles. The van der Waals surface area contributed by atoms with Crippen LogP contribution in [0.1, 0.15) is 19.8 Å². The van der Waals surface area contributed by atoms with Gasteiger partial charge in [0.25, 0.3) is 0 Å². The van der Waals surface area contributed by atoms with Crippen LogP contribution in [0.4, 0.5) is 0 Å². The average Bonchev–Trinajstić information content (AvgIpc) is 3.08. The van der Waals surface area contributed by atoms with Crippen molar-refractivity contribution in [2.45, 2.75) is 31.8 Å². The molecule has 2 rings (SSSR count). The summed E-state index contributed by atoms with van der Waals surface area (Å²) in [5, 5.41) is 2.92. The minimum Gasteiger partial charge on any atom is -0.353 e. The fourth-order valence-electron chi connectivity index (χ4n) is 2.67. The lowest BCUT2D eigenvalue weighted by atomic mass is 9.97. The molecule has 1 aromatic rings. The predicted molar refractivity (Wildman–Crippen MR) is 77.0 cm³/mol. The highest BCUT2D eigenvalue weighted by atomic mass is 16.2. The highest BCUT2D eigenvalue weighted by Crippen LogP contribution is 2.29. The number of rotatable bonds is 5. The first-order valence-corrected chi connectivity index (χ1v) is 6.91. The standard InChI is InChI=1S/C15H21N3O2/c1-3-13(19)18-11-6-7-15(18,2)14(20)16-8-12-17-9-4-5-10-17/h3-5,9-10H,1,6-8,11-12H2,2H3,(H,16,20). The van der Waals surface area contributed by atoms with E-state index in [-0.39, 0.29) is 11.8 Å². The van der Waals surface area contributed by atoms with Crippen molar-refractivity contribution in [1.29, 1.82) is 0 Å². The number of hydrogen-bond acceptors (Lipinski definition) is 2. The van der Waals surface area contributed by atoms with E-state index in [9.17, 15) is 9.59 Å². The molecule has 5 heteroatoms. The maximum absolute atomic E-state index is 12.4. The minimum atomic E-state index is -0.748. The number of likely N-dealkylation sites (tertiary alicyclic amines) is 1. The van der Waals surface area contributed by atoms with Gasteiger partial charge in [0.2, 0.25) is 11.8 Å². The number of hydrogen-bond donors (Lipinski definition) is 1. The SMILES string of the molecule is C=CC(=O)N1CCCC1(C)C(=O)NCCn1cccc1. The Morgan fingerprint density at radius 2 is 2.10 bits per heavy atom. The summed E-state index contributed by atoms with van der Waals surface area (Å²) >= 11 is 0. The van der Waals surface area contributed by atoms with Crippen molar-refractivity contribution in [2.24, 2.45) is 0 Å².